The third-order valence-corrected chi connectivity index (χ3v) is 2.29. The van der Waals surface area contributed by atoms with Crippen molar-refractivity contribution in [1.29, 1.82) is 0 Å². The second kappa shape index (κ2) is 5.45. The average molecular weight is 227 g/mol. The summed E-state index contributed by atoms with van der Waals surface area (Å²) in [6.45, 7) is 5.25. The summed E-state index contributed by atoms with van der Waals surface area (Å²) in [5, 5.41) is 8.76. The lowest BCUT2D eigenvalue weighted by Gasteiger charge is -2.18. The van der Waals surface area contributed by atoms with Gasteiger partial charge in [0, 0.05) is 13.1 Å². The Hall–Kier alpha value is -1.63. The molecule has 0 radical (unpaired) electrons. The fourth-order valence-corrected chi connectivity index (χ4v) is 1.39. The zero-order chi connectivity index (χ0) is 12.1. The van der Waals surface area contributed by atoms with Crippen LogP contribution in [-0.2, 0) is 6.54 Å². The van der Waals surface area contributed by atoms with Crippen molar-refractivity contribution in [2.24, 2.45) is 0 Å². The van der Waals surface area contributed by atoms with Crippen LogP contribution in [0.3, 0.4) is 0 Å². The largest absolute Gasteiger partial charge is 0.395 e. The number of hydrogen-bond donors (Lipinski definition) is 2. The van der Waals surface area contributed by atoms with Crippen molar-refractivity contribution in [3.05, 3.63) is 10.5 Å². The van der Waals surface area contributed by atoms with Gasteiger partial charge in [-0.25, -0.2) is 4.79 Å². The molecule has 3 N–H and O–H groups in total. The molecule has 0 aliphatic heterocycles. The van der Waals surface area contributed by atoms with Gasteiger partial charge in [-0.15, -0.1) is 0 Å². The molecule has 90 valence electrons. The van der Waals surface area contributed by atoms with Gasteiger partial charge in [-0.2, -0.15) is 9.97 Å². The first-order valence-electron chi connectivity index (χ1n) is 5.24. The van der Waals surface area contributed by atoms with Crippen LogP contribution in [0, 0.1) is 0 Å². The molecule has 0 aliphatic carbocycles. The minimum absolute atomic E-state index is 0.0796. The highest BCUT2D eigenvalue weighted by atomic mass is 16.3. The molecule has 1 rings (SSSR count). The van der Waals surface area contributed by atoms with E-state index in [0.29, 0.717) is 19.0 Å². The summed E-state index contributed by atoms with van der Waals surface area (Å²) in [4.78, 5) is 21.3. The van der Waals surface area contributed by atoms with E-state index in [1.807, 2.05) is 18.7 Å². The molecule has 0 fully saturated rings. The third-order valence-electron chi connectivity index (χ3n) is 2.29. The molecule has 7 heteroatoms. The van der Waals surface area contributed by atoms with E-state index in [0.717, 1.165) is 4.57 Å². The molecule has 0 aliphatic rings. The Bertz CT molecular complexity index is 399. The van der Waals surface area contributed by atoms with E-state index in [2.05, 4.69) is 9.97 Å². The van der Waals surface area contributed by atoms with Crippen LogP contribution in [-0.4, -0.2) is 39.3 Å². The fourth-order valence-electron chi connectivity index (χ4n) is 1.39. The molecule has 0 bridgehead atoms. The minimum Gasteiger partial charge on any atom is -0.395 e. The number of aliphatic hydroxyl groups is 1. The van der Waals surface area contributed by atoms with E-state index in [9.17, 15) is 4.79 Å². The number of nitrogens with zero attached hydrogens (tertiary/aromatic N) is 4. The third kappa shape index (κ3) is 2.48. The molecule has 0 spiro atoms. The van der Waals surface area contributed by atoms with Gasteiger partial charge in [-0.3, -0.25) is 4.57 Å². The quantitative estimate of drug-likeness (QED) is 0.673. The van der Waals surface area contributed by atoms with Crippen LogP contribution in [0.25, 0.3) is 0 Å². The molecule has 1 aromatic heterocycles. The number of rotatable bonds is 5. The van der Waals surface area contributed by atoms with Gasteiger partial charge in [0.15, 0.2) is 0 Å². The van der Waals surface area contributed by atoms with Crippen molar-refractivity contribution in [2.45, 2.75) is 20.4 Å². The number of aromatic nitrogens is 3. The van der Waals surface area contributed by atoms with Gasteiger partial charge in [-0.05, 0) is 13.8 Å². The normalized spacial score (nSPS) is 10.4. The lowest BCUT2D eigenvalue weighted by atomic mass is 10.5. The number of nitrogen functional groups attached to an aromatic ring is 1. The molecule has 0 unspecified atom stereocenters. The lowest BCUT2D eigenvalue weighted by molar-refractivity contribution is 0.273. The van der Waals surface area contributed by atoms with Gasteiger partial charge >= 0.3 is 5.69 Å². The van der Waals surface area contributed by atoms with E-state index in [4.69, 9.17) is 10.8 Å². The topological polar surface area (TPSA) is 97.3 Å². The number of anilines is 2. The Kier molecular flexibility index (Phi) is 4.24. The molecule has 0 saturated heterocycles. The second-order valence-corrected chi connectivity index (χ2v) is 3.21. The van der Waals surface area contributed by atoms with Gasteiger partial charge in [0.1, 0.15) is 0 Å². The standard InChI is InChI=1S/C9H17N5O2/c1-3-13(4-2)8-11-7(10)14(5-6-15)9(16)12-8/h15H,3-6H2,1-2H3,(H2,10,11,12,16). The molecule has 0 amide bonds. The van der Waals surface area contributed by atoms with E-state index >= 15 is 0 Å². The first-order chi connectivity index (χ1) is 7.63. The Morgan fingerprint density at radius 1 is 1.38 bits per heavy atom. The highest BCUT2D eigenvalue weighted by molar-refractivity contribution is 5.33. The number of hydrogen-bond acceptors (Lipinski definition) is 6. The molecule has 1 aromatic rings. The first kappa shape index (κ1) is 12.4. The van der Waals surface area contributed by atoms with Crippen molar-refractivity contribution < 1.29 is 5.11 Å². The predicted octanol–water partition coefficient (Wildman–Crippen LogP) is -0.941. The maximum Gasteiger partial charge on any atom is 0.353 e. The summed E-state index contributed by atoms with van der Waals surface area (Å²) in [5.41, 5.74) is 5.15. The smallest absolute Gasteiger partial charge is 0.353 e. The lowest BCUT2D eigenvalue weighted by Crippen LogP contribution is -2.33. The van der Waals surface area contributed by atoms with Crippen LogP contribution in [0.5, 0.6) is 0 Å². The molecule has 1 heterocycles. The summed E-state index contributed by atoms with van der Waals surface area (Å²) >= 11 is 0. The van der Waals surface area contributed by atoms with Crippen molar-refractivity contribution in [1.82, 2.24) is 14.5 Å². The fraction of sp³-hybridized carbons (Fsp3) is 0.667. The van der Waals surface area contributed by atoms with Gasteiger partial charge in [0.2, 0.25) is 11.9 Å². The molecular formula is C9H17N5O2. The maximum atomic E-state index is 11.6. The van der Waals surface area contributed by atoms with Crippen LogP contribution in [0.2, 0.25) is 0 Å². The molecule has 0 saturated carbocycles. The van der Waals surface area contributed by atoms with E-state index in [-0.39, 0.29) is 19.1 Å². The molecule has 0 aromatic carbocycles. The van der Waals surface area contributed by atoms with Gasteiger partial charge in [0.25, 0.3) is 0 Å². The SMILES string of the molecule is CCN(CC)c1nc(N)n(CCO)c(=O)n1. The highest BCUT2D eigenvalue weighted by Crippen LogP contribution is 2.05. The summed E-state index contributed by atoms with van der Waals surface area (Å²) in [6, 6.07) is 0. The summed E-state index contributed by atoms with van der Waals surface area (Å²) in [6.07, 6.45) is 0. The molecular weight excluding hydrogens is 210 g/mol. The Morgan fingerprint density at radius 2 is 2.00 bits per heavy atom. The monoisotopic (exact) mass is 227 g/mol. The van der Waals surface area contributed by atoms with Crippen molar-refractivity contribution in [3.8, 4) is 0 Å². The van der Waals surface area contributed by atoms with Crippen molar-refractivity contribution in [2.75, 3.05) is 30.3 Å². The molecule has 0 atom stereocenters. The summed E-state index contributed by atoms with van der Waals surface area (Å²) in [5.74, 6) is 0.414. The number of aliphatic hydroxyl groups excluding tert-OH is 1. The second-order valence-electron chi connectivity index (χ2n) is 3.21. The van der Waals surface area contributed by atoms with Crippen molar-refractivity contribution >= 4 is 11.9 Å². The van der Waals surface area contributed by atoms with Gasteiger partial charge in [0.05, 0.1) is 13.2 Å². The summed E-state index contributed by atoms with van der Waals surface area (Å²) in [7, 11) is 0. The van der Waals surface area contributed by atoms with Gasteiger partial charge in [-0.1, -0.05) is 0 Å². The van der Waals surface area contributed by atoms with E-state index < -0.39 is 5.69 Å². The van der Waals surface area contributed by atoms with Crippen LogP contribution in [0.1, 0.15) is 13.8 Å². The number of nitrogens with two attached hydrogens (primary N) is 1. The highest BCUT2D eigenvalue weighted by Gasteiger charge is 2.10. The first-order valence-corrected chi connectivity index (χ1v) is 5.24. The van der Waals surface area contributed by atoms with Crippen LogP contribution in [0.15, 0.2) is 4.79 Å². The molecule has 7 nitrogen and oxygen atoms in total. The molecule has 16 heavy (non-hydrogen) atoms. The zero-order valence-electron chi connectivity index (χ0n) is 9.55. The van der Waals surface area contributed by atoms with Crippen molar-refractivity contribution in [3.63, 3.8) is 0 Å². The predicted molar refractivity (Wildman–Crippen MR) is 61.4 cm³/mol. The Morgan fingerprint density at radius 3 is 2.44 bits per heavy atom. The summed E-state index contributed by atoms with van der Waals surface area (Å²) < 4.78 is 1.15. The Balaban J connectivity index is 3.13. The average Bonchev–Trinajstić information content (AvgIpc) is 2.25. The van der Waals surface area contributed by atoms with E-state index in [1.165, 1.54) is 0 Å². The Labute approximate surface area is 93.5 Å². The van der Waals surface area contributed by atoms with E-state index in [1.54, 1.807) is 0 Å². The van der Waals surface area contributed by atoms with Gasteiger partial charge < -0.3 is 15.7 Å². The van der Waals surface area contributed by atoms with Crippen LogP contribution >= 0.6 is 0 Å². The van der Waals surface area contributed by atoms with Crippen LogP contribution in [0.4, 0.5) is 11.9 Å². The van der Waals surface area contributed by atoms with Crippen LogP contribution < -0.4 is 16.3 Å². The zero-order valence-corrected chi connectivity index (χ0v) is 9.55. The minimum atomic E-state index is -0.483. The maximum absolute atomic E-state index is 11.6.